The molecule has 4 heteroatoms. The molecular formula is C21H22O4. The van der Waals surface area contributed by atoms with Gasteiger partial charge < -0.3 is 4.74 Å². The lowest BCUT2D eigenvalue weighted by Gasteiger charge is -2.12. The lowest BCUT2D eigenvalue weighted by Crippen LogP contribution is -2.11. The molecule has 4 nitrogen and oxygen atoms in total. The molecule has 0 saturated carbocycles. The van der Waals surface area contributed by atoms with E-state index in [1.807, 2.05) is 31.2 Å². The van der Waals surface area contributed by atoms with Gasteiger partial charge in [0.25, 0.3) is 0 Å². The van der Waals surface area contributed by atoms with E-state index in [0.29, 0.717) is 24.0 Å². The standard InChI is InChI=1S/C21H22O4/c1-15(19(22)12-7-13-20(23)25-2)17-10-6-11-18(14-17)21(24)16-8-4-3-5-9-16/h3-6,8-11,14-15H,7,12-13H2,1-2H3/t15-/m0/s1. The molecule has 0 aliphatic heterocycles. The van der Waals surface area contributed by atoms with Gasteiger partial charge in [0.2, 0.25) is 0 Å². The molecule has 0 fully saturated rings. The van der Waals surface area contributed by atoms with E-state index in [1.54, 1.807) is 30.3 Å². The van der Waals surface area contributed by atoms with Crippen LogP contribution in [0.3, 0.4) is 0 Å². The maximum Gasteiger partial charge on any atom is 0.305 e. The van der Waals surface area contributed by atoms with Gasteiger partial charge in [-0.2, -0.15) is 0 Å². The summed E-state index contributed by atoms with van der Waals surface area (Å²) >= 11 is 0. The van der Waals surface area contributed by atoms with Crippen LogP contribution in [0.2, 0.25) is 0 Å². The minimum atomic E-state index is -0.318. The summed E-state index contributed by atoms with van der Waals surface area (Å²) in [5.41, 5.74) is 2.00. The van der Waals surface area contributed by atoms with Crippen LogP contribution in [-0.4, -0.2) is 24.6 Å². The van der Waals surface area contributed by atoms with Gasteiger partial charge in [-0.25, -0.2) is 0 Å². The van der Waals surface area contributed by atoms with Crippen molar-refractivity contribution < 1.29 is 19.1 Å². The van der Waals surface area contributed by atoms with Crippen LogP contribution in [0.25, 0.3) is 0 Å². The Balaban J connectivity index is 2.06. The summed E-state index contributed by atoms with van der Waals surface area (Å²) in [4.78, 5) is 36.0. The molecule has 25 heavy (non-hydrogen) atoms. The number of esters is 1. The molecule has 130 valence electrons. The lowest BCUT2D eigenvalue weighted by molar-refractivity contribution is -0.140. The molecule has 0 bridgehead atoms. The van der Waals surface area contributed by atoms with Crippen LogP contribution in [0, 0.1) is 0 Å². The van der Waals surface area contributed by atoms with E-state index in [1.165, 1.54) is 7.11 Å². The van der Waals surface area contributed by atoms with E-state index in [-0.39, 0.29) is 29.9 Å². The number of carbonyl (C=O) groups excluding carboxylic acids is 3. The van der Waals surface area contributed by atoms with Crippen LogP contribution in [0.4, 0.5) is 0 Å². The van der Waals surface area contributed by atoms with Gasteiger partial charge in [-0.3, -0.25) is 14.4 Å². The van der Waals surface area contributed by atoms with Gasteiger partial charge in [0.1, 0.15) is 5.78 Å². The molecule has 0 amide bonds. The highest BCUT2D eigenvalue weighted by molar-refractivity contribution is 6.09. The first-order valence-corrected chi connectivity index (χ1v) is 8.32. The van der Waals surface area contributed by atoms with E-state index in [0.717, 1.165) is 5.56 Å². The van der Waals surface area contributed by atoms with Crippen molar-refractivity contribution in [1.82, 2.24) is 0 Å². The van der Waals surface area contributed by atoms with Gasteiger partial charge >= 0.3 is 5.97 Å². The average Bonchev–Trinajstić information content (AvgIpc) is 2.67. The summed E-state index contributed by atoms with van der Waals surface area (Å²) in [7, 11) is 1.34. The molecular weight excluding hydrogens is 316 g/mol. The second-order valence-electron chi connectivity index (χ2n) is 5.94. The smallest absolute Gasteiger partial charge is 0.305 e. The number of benzene rings is 2. The van der Waals surface area contributed by atoms with Gasteiger partial charge in [-0.1, -0.05) is 55.5 Å². The number of methoxy groups -OCH3 is 1. The SMILES string of the molecule is COC(=O)CCCC(=O)[C@@H](C)c1cccc(C(=O)c2ccccc2)c1. The Labute approximate surface area is 147 Å². The molecule has 2 rings (SSSR count). The number of ether oxygens (including phenoxy) is 1. The zero-order valence-corrected chi connectivity index (χ0v) is 14.5. The van der Waals surface area contributed by atoms with Crippen LogP contribution >= 0.6 is 0 Å². The minimum Gasteiger partial charge on any atom is -0.469 e. The van der Waals surface area contributed by atoms with E-state index in [2.05, 4.69) is 4.74 Å². The Morgan fingerprint density at radius 1 is 0.920 bits per heavy atom. The Morgan fingerprint density at radius 2 is 1.60 bits per heavy atom. The molecule has 0 aliphatic carbocycles. The maximum absolute atomic E-state index is 12.5. The summed E-state index contributed by atoms with van der Waals surface area (Å²) in [6, 6.07) is 16.2. The number of rotatable bonds is 8. The minimum absolute atomic E-state index is 0.0493. The zero-order valence-electron chi connectivity index (χ0n) is 14.5. The van der Waals surface area contributed by atoms with Crippen molar-refractivity contribution in [3.63, 3.8) is 0 Å². The predicted molar refractivity (Wildman–Crippen MR) is 95.6 cm³/mol. The van der Waals surface area contributed by atoms with Crippen molar-refractivity contribution in [1.29, 1.82) is 0 Å². The Hall–Kier alpha value is -2.75. The number of ketones is 2. The molecule has 2 aromatic rings. The number of carbonyl (C=O) groups is 3. The molecule has 0 unspecified atom stereocenters. The third kappa shape index (κ3) is 5.11. The van der Waals surface area contributed by atoms with Crippen LogP contribution in [0.1, 0.15) is 53.6 Å². The quantitative estimate of drug-likeness (QED) is 0.540. The first kappa shape index (κ1) is 18.6. The van der Waals surface area contributed by atoms with Crippen molar-refractivity contribution in [3.8, 4) is 0 Å². The second kappa shape index (κ2) is 8.92. The second-order valence-corrected chi connectivity index (χ2v) is 5.94. The molecule has 0 radical (unpaired) electrons. The fourth-order valence-corrected chi connectivity index (χ4v) is 2.62. The highest BCUT2D eigenvalue weighted by atomic mass is 16.5. The summed E-state index contributed by atoms with van der Waals surface area (Å²) in [5, 5.41) is 0. The molecule has 0 spiro atoms. The van der Waals surface area contributed by atoms with Gasteiger partial charge in [0, 0.05) is 29.9 Å². The van der Waals surface area contributed by atoms with Crippen molar-refractivity contribution in [2.45, 2.75) is 32.1 Å². The van der Waals surface area contributed by atoms with Crippen LogP contribution in [0.15, 0.2) is 54.6 Å². The van der Waals surface area contributed by atoms with Gasteiger partial charge in [-0.15, -0.1) is 0 Å². The van der Waals surface area contributed by atoms with Crippen LogP contribution in [-0.2, 0) is 14.3 Å². The topological polar surface area (TPSA) is 60.4 Å². The van der Waals surface area contributed by atoms with Crippen molar-refractivity contribution in [3.05, 3.63) is 71.3 Å². The Bertz CT molecular complexity index is 750. The number of hydrogen-bond donors (Lipinski definition) is 0. The third-order valence-electron chi connectivity index (χ3n) is 4.20. The van der Waals surface area contributed by atoms with Crippen LogP contribution < -0.4 is 0 Å². The Morgan fingerprint density at radius 3 is 2.28 bits per heavy atom. The highest BCUT2D eigenvalue weighted by Gasteiger charge is 2.17. The van der Waals surface area contributed by atoms with Gasteiger partial charge in [0.15, 0.2) is 5.78 Å². The summed E-state index contributed by atoms with van der Waals surface area (Å²) in [5.74, 6) is -0.641. The van der Waals surface area contributed by atoms with E-state index < -0.39 is 0 Å². The molecule has 0 heterocycles. The summed E-state index contributed by atoms with van der Waals surface area (Å²) in [6.45, 7) is 1.83. The molecule has 0 saturated heterocycles. The highest BCUT2D eigenvalue weighted by Crippen LogP contribution is 2.21. The predicted octanol–water partition coefficient (Wildman–Crippen LogP) is 3.93. The molecule has 0 N–H and O–H groups in total. The normalized spacial score (nSPS) is 11.6. The van der Waals surface area contributed by atoms with Crippen molar-refractivity contribution in [2.75, 3.05) is 7.11 Å². The first-order valence-electron chi connectivity index (χ1n) is 8.32. The molecule has 2 aromatic carbocycles. The monoisotopic (exact) mass is 338 g/mol. The lowest BCUT2D eigenvalue weighted by atomic mass is 9.91. The number of Topliss-reactive ketones (excluding diaryl/α,β-unsaturated/α-hetero) is 1. The summed E-state index contributed by atoms with van der Waals surface area (Å²) in [6.07, 6.45) is 1.02. The first-order chi connectivity index (χ1) is 12.0. The largest absolute Gasteiger partial charge is 0.469 e. The van der Waals surface area contributed by atoms with Crippen molar-refractivity contribution >= 4 is 17.5 Å². The van der Waals surface area contributed by atoms with E-state index in [4.69, 9.17) is 0 Å². The van der Waals surface area contributed by atoms with Gasteiger partial charge in [0.05, 0.1) is 7.11 Å². The molecule has 1 atom stereocenters. The molecule has 0 aliphatic rings. The Kier molecular flexibility index (Phi) is 6.63. The van der Waals surface area contributed by atoms with Gasteiger partial charge in [-0.05, 0) is 18.1 Å². The fraction of sp³-hybridized carbons (Fsp3) is 0.286. The summed E-state index contributed by atoms with van der Waals surface area (Å²) < 4.78 is 4.57. The number of hydrogen-bond acceptors (Lipinski definition) is 4. The average molecular weight is 338 g/mol. The molecule has 0 aromatic heterocycles. The maximum atomic E-state index is 12.5. The van der Waals surface area contributed by atoms with Crippen molar-refractivity contribution in [2.24, 2.45) is 0 Å². The van der Waals surface area contributed by atoms with Crippen LogP contribution in [0.5, 0.6) is 0 Å². The fourth-order valence-electron chi connectivity index (χ4n) is 2.62. The van der Waals surface area contributed by atoms with E-state index in [9.17, 15) is 14.4 Å². The third-order valence-corrected chi connectivity index (χ3v) is 4.20. The zero-order chi connectivity index (χ0) is 18.2. The van der Waals surface area contributed by atoms with E-state index >= 15 is 0 Å².